The van der Waals surface area contributed by atoms with Crippen LogP contribution < -0.4 is 5.32 Å². The molecule has 0 fully saturated rings. The molecule has 1 aliphatic heterocycles. The van der Waals surface area contributed by atoms with Gasteiger partial charge in [0, 0.05) is 6.21 Å². The van der Waals surface area contributed by atoms with Crippen LogP contribution in [0.1, 0.15) is 10.4 Å². The summed E-state index contributed by atoms with van der Waals surface area (Å²) in [7, 11) is 0. The van der Waals surface area contributed by atoms with Crippen LogP contribution in [0.2, 0.25) is 0 Å². The van der Waals surface area contributed by atoms with Crippen LogP contribution in [-0.4, -0.2) is 23.8 Å². The van der Waals surface area contributed by atoms with E-state index < -0.39 is 5.97 Å². The van der Waals surface area contributed by atoms with Gasteiger partial charge in [-0.05, 0) is 12.1 Å². The molecule has 0 bridgehead atoms. The highest BCUT2D eigenvalue weighted by Crippen LogP contribution is 2.30. The Balaban J connectivity index is 2.60. The van der Waals surface area contributed by atoms with Gasteiger partial charge in [0.15, 0.2) is 0 Å². The maximum atomic E-state index is 10.8. The second kappa shape index (κ2) is 2.90. The average molecular weight is 176 g/mol. The van der Waals surface area contributed by atoms with Crippen molar-refractivity contribution in [2.45, 2.75) is 0 Å². The second-order valence-corrected chi connectivity index (χ2v) is 2.70. The highest BCUT2D eigenvalue weighted by atomic mass is 16.4. The molecule has 1 heterocycles. The molecule has 0 amide bonds. The zero-order valence-electron chi connectivity index (χ0n) is 6.82. The van der Waals surface area contributed by atoms with Gasteiger partial charge in [0.05, 0.1) is 17.8 Å². The van der Waals surface area contributed by atoms with Crippen molar-refractivity contribution in [2.24, 2.45) is 4.99 Å². The smallest absolute Gasteiger partial charge is 0.337 e. The number of benzene rings is 1. The fraction of sp³-hybridized carbons (Fsp3) is 0.111. The monoisotopic (exact) mass is 176 g/mol. The quantitative estimate of drug-likeness (QED) is 0.681. The lowest BCUT2D eigenvalue weighted by Crippen LogP contribution is -2.09. The molecule has 0 saturated carbocycles. The number of anilines is 1. The summed E-state index contributed by atoms with van der Waals surface area (Å²) in [4.78, 5) is 14.8. The van der Waals surface area contributed by atoms with Crippen LogP contribution in [0, 0.1) is 0 Å². The van der Waals surface area contributed by atoms with E-state index in [4.69, 9.17) is 5.11 Å². The van der Waals surface area contributed by atoms with Crippen molar-refractivity contribution < 1.29 is 9.90 Å². The Kier molecular flexibility index (Phi) is 1.73. The minimum Gasteiger partial charge on any atom is -0.478 e. The topological polar surface area (TPSA) is 61.7 Å². The van der Waals surface area contributed by atoms with Gasteiger partial charge in [0.2, 0.25) is 0 Å². The van der Waals surface area contributed by atoms with Gasteiger partial charge in [-0.3, -0.25) is 4.99 Å². The lowest BCUT2D eigenvalue weighted by molar-refractivity contribution is 0.0698. The van der Waals surface area contributed by atoms with Gasteiger partial charge < -0.3 is 10.4 Å². The maximum absolute atomic E-state index is 10.8. The first kappa shape index (κ1) is 7.79. The predicted molar refractivity (Wildman–Crippen MR) is 50.0 cm³/mol. The molecule has 1 aliphatic rings. The van der Waals surface area contributed by atoms with Crippen LogP contribution in [0.15, 0.2) is 23.2 Å². The number of hydrogen-bond donors (Lipinski definition) is 2. The predicted octanol–water partition coefficient (Wildman–Crippen LogP) is 1.51. The van der Waals surface area contributed by atoms with E-state index in [1.807, 2.05) is 6.07 Å². The molecule has 2 rings (SSSR count). The standard InChI is InChI=1S/C9H8N2O2/c12-9(13)6-2-1-3-7-8(6)11-5-4-10-7/h1-3,5,10H,4H2,(H,12,13). The van der Waals surface area contributed by atoms with Crippen molar-refractivity contribution in [3.05, 3.63) is 23.8 Å². The van der Waals surface area contributed by atoms with E-state index in [-0.39, 0.29) is 5.56 Å². The van der Waals surface area contributed by atoms with Crippen LogP contribution >= 0.6 is 0 Å². The summed E-state index contributed by atoms with van der Waals surface area (Å²) in [5.41, 5.74) is 1.53. The first-order chi connectivity index (χ1) is 6.29. The van der Waals surface area contributed by atoms with Crippen LogP contribution in [0.4, 0.5) is 11.4 Å². The Hall–Kier alpha value is -1.84. The Morgan fingerprint density at radius 1 is 1.54 bits per heavy atom. The van der Waals surface area contributed by atoms with Gasteiger partial charge in [-0.15, -0.1) is 0 Å². The van der Waals surface area contributed by atoms with Gasteiger partial charge in [-0.1, -0.05) is 6.07 Å². The third-order valence-electron chi connectivity index (χ3n) is 1.87. The van der Waals surface area contributed by atoms with Crippen LogP contribution in [-0.2, 0) is 0 Å². The van der Waals surface area contributed by atoms with Crippen molar-refractivity contribution in [1.82, 2.24) is 0 Å². The molecule has 0 spiro atoms. The van der Waals surface area contributed by atoms with E-state index >= 15 is 0 Å². The molecule has 0 unspecified atom stereocenters. The van der Waals surface area contributed by atoms with Crippen LogP contribution in [0.25, 0.3) is 0 Å². The number of carboxylic acid groups (broad SMARTS) is 1. The summed E-state index contributed by atoms with van der Waals surface area (Å²) in [6, 6.07) is 5.07. The largest absolute Gasteiger partial charge is 0.478 e. The number of fused-ring (bicyclic) bond motifs is 1. The summed E-state index contributed by atoms with van der Waals surface area (Å²) in [5.74, 6) is -0.947. The first-order valence-electron chi connectivity index (χ1n) is 3.92. The van der Waals surface area contributed by atoms with Crippen molar-refractivity contribution in [3.8, 4) is 0 Å². The Morgan fingerprint density at radius 3 is 3.15 bits per heavy atom. The zero-order chi connectivity index (χ0) is 9.26. The maximum Gasteiger partial charge on any atom is 0.337 e. The molecule has 66 valence electrons. The first-order valence-corrected chi connectivity index (χ1v) is 3.92. The minimum atomic E-state index is -0.947. The molecule has 2 N–H and O–H groups in total. The van der Waals surface area contributed by atoms with Crippen LogP contribution in [0.5, 0.6) is 0 Å². The van der Waals surface area contributed by atoms with E-state index in [0.717, 1.165) is 5.69 Å². The summed E-state index contributed by atoms with van der Waals surface area (Å²) in [5, 5.41) is 11.9. The highest BCUT2D eigenvalue weighted by molar-refractivity contribution is 5.99. The molecule has 0 aliphatic carbocycles. The molecule has 0 saturated heterocycles. The minimum absolute atomic E-state index is 0.237. The highest BCUT2D eigenvalue weighted by Gasteiger charge is 2.14. The van der Waals surface area contributed by atoms with Gasteiger partial charge >= 0.3 is 5.97 Å². The van der Waals surface area contributed by atoms with E-state index in [9.17, 15) is 4.79 Å². The lowest BCUT2D eigenvalue weighted by Gasteiger charge is -2.13. The molecule has 0 aromatic heterocycles. The van der Waals surface area contributed by atoms with Crippen molar-refractivity contribution in [3.63, 3.8) is 0 Å². The van der Waals surface area contributed by atoms with Gasteiger partial charge in [0.25, 0.3) is 0 Å². The Labute approximate surface area is 74.9 Å². The molecule has 0 radical (unpaired) electrons. The van der Waals surface area contributed by atoms with Crippen molar-refractivity contribution >= 4 is 23.6 Å². The van der Waals surface area contributed by atoms with Gasteiger partial charge in [-0.25, -0.2) is 4.79 Å². The summed E-state index contributed by atoms with van der Waals surface area (Å²) in [6.07, 6.45) is 1.66. The molecular formula is C9H8N2O2. The zero-order valence-corrected chi connectivity index (χ0v) is 6.82. The molecule has 0 atom stereocenters. The third kappa shape index (κ3) is 1.26. The van der Waals surface area contributed by atoms with Gasteiger partial charge in [0.1, 0.15) is 5.69 Å². The van der Waals surface area contributed by atoms with Crippen molar-refractivity contribution in [1.29, 1.82) is 0 Å². The van der Waals surface area contributed by atoms with E-state index in [2.05, 4.69) is 10.3 Å². The molecule has 4 nitrogen and oxygen atoms in total. The number of carbonyl (C=O) groups is 1. The summed E-state index contributed by atoms with van der Waals surface area (Å²) < 4.78 is 0. The van der Waals surface area contributed by atoms with Crippen molar-refractivity contribution in [2.75, 3.05) is 11.9 Å². The number of aliphatic imine (C=N–C) groups is 1. The SMILES string of the molecule is O=C(O)c1cccc2c1N=CCN2. The van der Waals surface area contributed by atoms with E-state index in [1.54, 1.807) is 18.3 Å². The van der Waals surface area contributed by atoms with E-state index in [0.29, 0.717) is 12.2 Å². The number of para-hydroxylation sites is 1. The number of carboxylic acids is 1. The summed E-state index contributed by atoms with van der Waals surface area (Å²) >= 11 is 0. The normalized spacial score (nSPS) is 13.2. The number of hydrogen-bond acceptors (Lipinski definition) is 3. The number of rotatable bonds is 1. The lowest BCUT2D eigenvalue weighted by atomic mass is 10.1. The number of nitrogens with one attached hydrogen (secondary N) is 1. The molecule has 13 heavy (non-hydrogen) atoms. The van der Waals surface area contributed by atoms with Gasteiger partial charge in [-0.2, -0.15) is 0 Å². The molecule has 1 aromatic rings. The molecule has 1 aromatic carbocycles. The second-order valence-electron chi connectivity index (χ2n) is 2.70. The Bertz CT molecular complexity index is 385. The fourth-order valence-corrected chi connectivity index (χ4v) is 1.29. The average Bonchev–Trinajstić information content (AvgIpc) is 2.17. The fourth-order valence-electron chi connectivity index (χ4n) is 1.29. The molecular weight excluding hydrogens is 168 g/mol. The molecule has 4 heteroatoms. The number of aromatic carboxylic acids is 1. The number of nitrogens with zero attached hydrogens (tertiary/aromatic N) is 1. The van der Waals surface area contributed by atoms with E-state index in [1.165, 1.54) is 0 Å². The van der Waals surface area contributed by atoms with Crippen LogP contribution in [0.3, 0.4) is 0 Å². The summed E-state index contributed by atoms with van der Waals surface area (Å²) in [6.45, 7) is 0.649. The third-order valence-corrected chi connectivity index (χ3v) is 1.87. The Morgan fingerprint density at radius 2 is 2.38 bits per heavy atom.